The molecule has 0 aliphatic carbocycles. The normalized spacial score (nSPS) is 13.6. The van der Waals surface area contributed by atoms with Crippen LogP contribution in [0.4, 0.5) is 0 Å². The first-order valence-corrected chi connectivity index (χ1v) is 23.5. The van der Waals surface area contributed by atoms with Gasteiger partial charge in [-0.2, -0.15) is 0 Å². The summed E-state index contributed by atoms with van der Waals surface area (Å²) in [6.45, 7) is 4.24. The highest BCUT2D eigenvalue weighted by Gasteiger charge is 2.20. The van der Waals surface area contributed by atoms with E-state index in [4.69, 9.17) is 0 Å². The summed E-state index contributed by atoms with van der Waals surface area (Å²) in [4.78, 5) is 12.4. The van der Waals surface area contributed by atoms with Gasteiger partial charge in [-0.25, -0.2) is 0 Å². The number of rotatable bonds is 43. The summed E-state index contributed by atoms with van der Waals surface area (Å²) in [5, 5.41) is 33.3. The standard InChI is InChI=1S/C47H93NO4/c1-3-5-7-9-11-13-15-17-19-21-22-23-25-27-29-31-33-35-37-39-41-46(51)45(43-49)48-47(52)42-44(50)40-38-36-34-32-30-28-26-24-20-18-16-14-12-10-8-6-4-2/h39,41,44-46,49-51H,3-38,40,42-43H2,1-2H3,(H,48,52)/b41-39+. The van der Waals surface area contributed by atoms with E-state index in [2.05, 4.69) is 19.2 Å². The predicted molar refractivity (Wildman–Crippen MR) is 227 cm³/mol. The molecule has 1 amide bonds. The number of carbonyl (C=O) groups excluding carboxylic acids is 1. The number of hydrogen-bond acceptors (Lipinski definition) is 4. The van der Waals surface area contributed by atoms with Crippen LogP contribution in [0, 0.1) is 0 Å². The zero-order chi connectivity index (χ0) is 38.0. The molecule has 0 spiro atoms. The van der Waals surface area contributed by atoms with Crippen molar-refractivity contribution in [3.05, 3.63) is 12.2 Å². The highest BCUT2D eigenvalue weighted by Crippen LogP contribution is 2.17. The van der Waals surface area contributed by atoms with Gasteiger partial charge in [-0.1, -0.05) is 244 Å². The fraction of sp³-hybridized carbons (Fsp3) is 0.936. The minimum absolute atomic E-state index is 0.0189. The molecule has 0 aromatic rings. The first-order chi connectivity index (χ1) is 25.5. The van der Waals surface area contributed by atoms with E-state index in [1.54, 1.807) is 6.08 Å². The third-order valence-corrected chi connectivity index (χ3v) is 11.1. The summed E-state index contributed by atoms with van der Waals surface area (Å²) in [7, 11) is 0. The van der Waals surface area contributed by atoms with E-state index in [9.17, 15) is 20.1 Å². The maximum absolute atomic E-state index is 12.4. The Balaban J connectivity index is 3.61. The van der Waals surface area contributed by atoms with E-state index >= 15 is 0 Å². The second kappa shape index (κ2) is 42.8. The van der Waals surface area contributed by atoms with Crippen molar-refractivity contribution in [3.8, 4) is 0 Å². The Morgan fingerprint density at radius 1 is 0.481 bits per heavy atom. The minimum Gasteiger partial charge on any atom is -0.394 e. The van der Waals surface area contributed by atoms with Crippen LogP contribution in [0.2, 0.25) is 0 Å². The van der Waals surface area contributed by atoms with Gasteiger partial charge in [0, 0.05) is 0 Å². The molecule has 0 heterocycles. The van der Waals surface area contributed by atoms with Gasteiger partial charge in [0.2, 0.25) is 5.91 Å². The van der Waals surface area contributed by atoms with Crippen LogP contribution in [0.15, 0.2) is 12.2 Å². The van der Waals surface area contributed by atoms with E-state index in [0.717, 1.165) is 25.7 Å². The van der Waals surface area contributed by atoms with Crippen molar-refractivity contribution < 1.29 is 20.1 Å². The average molecular weight is 736 g/mol. The lowest BCUT2D eigenvalue weighted by atomic mass is 10.0. The van der Waals surface area contributed by atoms with Gasteiger partial charge in [0.05, 0.1) is 31.3 Å². The molecule has 0 aliphatic heterocycles. The summed E-state index contributed by atoms with van der Waals surface area (Å²) in [6, 6.07) is -0.739. The predicted octanol–water partition coefficient (Wildman–Crippen LogP) is 13.6. The van der Waals surface area contributed by atoms with Crippen LogP contribution in [0.25, 0.3) is 0 Å². The van der Waals surface area contributed by atoms with Crippen LogP contribution in [0.3, 0.4) is 0 Å². The van der Waals surface area contributed by atoms with Crippen LogP contribution >= 0.6 is 0 Å². The number of unbranched alkanes of at least 4 members (excludes halogenated alkanes) is 34. The van der Waals surface area contributed by atoms with Crippen molar-refractivity contribution in [2.45, 2.75) is 276 Å². The number of amides is 1. The molecule has 0 aliphatic rings. The Hall–Kier alpha value is -0.910. The van der Waals surface area contributed by atoms with Crippen molar-refractivity contribution in [2.75, 3.05) is 6.61 Å². The lowest BCUT2D eigenvalue weighted by Crippen LogP contribution is -2.45. The molecule has 0 aromatic carbocycles. The van der Waals surface area contributed by atoms with E-state index in [-0.39, 0.29) is 18.9 Å². The molecular weight excluding hydrogens is 643 g/mol. The molecule has 310 valence electrons. The number of aliphatic hydroxyl groups is 3. The second-order valence-corrected chi connectivity index (χ2v) is 16.4. The summed E-state index contributed by atoms with van der Waals surface area (Å²) in [5.41, 5.74) is 0. The number of aliphatic hydroxyl groups excluding tert-OH is 3. The van der Waals surface area contributed by atoms with Gasteiger partial charge in [0.25, 0.3) is 0 Å². The summed E-state index contributed by atoms with van der Waals surface area (Å²) >= 11 is 0. The molecule has 0 fully saturated rings. The molecular formula is C47H93NO4. The van der Waals surface area contributed by atoms with Gasteiger partial charge in [-0.3, -0.25) is 4.79 Å². The number of carbonyl (C=O) groups is 1. The van der Waals surface area contributed by atoms with Crippen molar-refractivity contribution in [2.24, 2.45) is 0 Å². The SMILES string of the molecule is CCCCCCCCCCCCCCCCCCCC/C=C/C(O)C(CO)NC(=O)CC(O)CCCCCCCCCCCCCCCCCCC. The van der Waals surface area contributed by atoms with Gasteiger partial charge in [0.15, 0.2) is 0 Å². The number of hydrogen-bond donors (Lipinski definition) is 4. The lowest BCUT2D eigenvalue weighted by Gasteiger charge is -2.21. The van der Waals surface area contributed by atoms with Gasteiger partial charge in [0.1, 0.15) is 0 Å². The van der Waals surface area contributed by atoms with E-state index in [0.29, 0.717) is 6.42 Å². The van der Waals surface area contributed by atoms with Crippen molar-refractivity contribution in [3.63, 3.8) is 0 Å². The quantitative estimate of drug-likeness (QED) is 0.0371. The Morgan fingerprint density at radius 3 is 1.12 bits per heavy atom. The van der Waals surface area contributed by atoms with Gasteiger partial charge in [-0.05, 0) is 19.3 Å². The molecule has 3 atom stereocenters. The third-order valence-electron chi connectivity index (χ3n) is 11.1. The zero-order valence-electron chi connectivity index (χ0n) is 35.2. The number of allylic oxidation sites excluding steroid dienone is 1. The molecule has 5 nitrogen and oxygen atoms in total. The van der Waals surface area contributed by atoms with Crippen LogP contribution < -0.4 is 5.32 Å². The van der Waals surface area contributed by atoms with Gasteiger partial charge in [-0.15, -0.1) is 0 Å². The summed E-state index contributed by atoms with van der Waals surface area (Å²) in [6.07, 6.45) is 50.7. The topological polar surface area (TPSA) is 89.8 Å². The highest BCUT2D eigenvalue weighted by molar-refractivity contribution is 5.76. The maximum atomic E-state index is 12.4. The summed E-state index contributed by atoms with van der Waals surface area (Å²) < 4.78 is 0. The van der Waals surface area contributed by atoms with Crippen LogP contribution in [-0.4, -0.2) is 46.1 Å². The smallest absolute Gasteiger partial charge is 0.222 e. The second-order valence-electron chi connectivity index (χ2n) is 16.4. The molecule has 0 rings (SSSR count). The Bertz CT molecular complexity index is 728. The Kier molecular flexibility index (Phi) is 42.1. The first kappa shape index (κ1) is 51.1. The van der Waals surface area contributed by atoms with Crippen LogP contribution in [0.5, 0.6) is 0 Å². The monoisotopic (exact) mass is 736 g/mol. The van der Waals surface area contributed by atoms with Crippen molar-refractivity contribution in [1.29, 1.82) is 0 Å². The number of nitrogens with one attached hydrogen (secondary N) is 1. The molecule has 3 unspecified atom stereocenters. The largest absolute Gasteiger partial charge is 0.394 e. The highest BCUT2D eigenvalue weighted by atomic mass is 16.3. The summed E-state index contributed by atoms with van der Waals surface area (Å²) in [5.74, 6) is -0.311. The molecule has 0 radical (unpaired) electrons. The van der Waals surface area contributed by atoms with Crippen LogP contribution in [-0.2, 0) is 4.79 Å². The molecule has 0 bridgehead atoms. The fourth-order valence-corrected chi connectivity index (χ4v) is 7.46. The molecule has 4 N–H and O–H groups in total. The van der Waals surface area contributed by atoms with Crippen molar-refractivity contribution >= 4 is 5.91 Å². The Labute approximate surface area is 325 Å². The maximum Gasteiger partial charge on any atom is 0.222 e. The molecule has 0 aromatic heterocycles. The molecule has 52 heavy (non-hydrogen) atoms. The molecule has 0 saturated heterocycles. The van der Waals surface area contributed by atoms with Gasteiger partial charge < -0.3 is 20.6 Å². The molecule has 5 heteroatoms. The molecule has 0 saturated carbocycles. The zero-order valence-corrected chi connectivity index (χ0v) is 35.2. The first-order valence-electron chi connectivity index (χ1n) is 23.5. The Morgan fingerprint density at radius 2 is 0.788 bits per heavy atom. The fourth-order valence-electron chi connectivity index (χ4n) is 7.46. The van der Waals surface area contributed by atoms with E-state index < -0.39 is 18.2 Å². The minimum atomic E-state index is -0.924. The van der Waals surface area contributed by atoms with Gasteiger partial charge >= 0.3 is 0 Å². The van der Waals surface area contributed by atoms with Crippen molar-refractivity contribution in [1.82, 2.24) is 5.32 Å². The van der Waals surface area contributed by atoms with E-state index in [1.165, 1.54) is 205 Å². The lowest BCUT2D eigenvalue weighted by molar-refractivity contribution is -0.124. The van der Waals surface area contributed by atoms with Crippen LogP contribution in [0.1, 0.15) is 258 Å². The third kappa shape index (κ3) is 38.8. The van der Waals surface area contributed by atoms with E-state index in [1.807, 2.05) is 6.08 Å². The average Bonchev–Trinajstić information content (AvgIpc) is 3.14.